The second-order valence-corrected chi connectivity index (χ2v) is 4.89. The summed E-state index contributed by atoms with van der Waals surface area (Å²) in [6.07, 6.45) is 1.93. The van der Waals surface area contributed by atoms with Crippen LogP contribution in [-0.4, -0.2) is 24.4 Å². The van der Waals surface area contributed by atoms with Crippen molar-refractivity contribution < 1.29 is 9.84 Å². The average molecular weight is 172 g/mol. The van der Waals surface area contributed by atoms with Crippen LogP contribution in [0.5, 0.6) is 0 Å². The van der Waals surface area contributed by atoms with Crippen LogP contribution in [0.2, 0.25) is 0 Å². The molecule has 0 heterocycles. The van der Waals surface area contributed by atoms with Crippen LogP contribution in [-0.2, 0) is 4.74 Å². The van der Waals surface area contributed by atoms with Gasteiger partial charge in [0.2, 0.25) is 0 Å². The Hall–Kier alpha value is -0.0800. The maximum absolute atomic E-state index is 10.1. The van der Waals surface area contributed by atoms with Crippen molar-refractivity contribution in [2.45, 2.75) is 39.2 Å². The van der Waals surface area contributed by atoms with E-state index in [1.165, 1.54) is 0 Å². The van der Waals surface area contributed by atoms with Crippen LogP contribution < -0.4 is 0 Å². The summed E-state index contributed by atoms with van der Waals surface area (Å²) in [6, 6.07) is 0. The molecule has 0 aromatic carbocycles. The highest BCUT2D eigenvalue weighted by Gasteiger charge is 2.48. The summed E-state index contributed by atoms with van der Waals surface area (Å²) < 4.78 is 5.10. The Balaban J connectivity index is 2.61. The minimum atomic E-state index is -0.518. The molecule has 0 aromatic rings. The molecular formula is C10H20O2. The van der Waals surface area contributed by atoms with E-state index in [1.807, 2.05) is 6.92 Å². The van der Waals surface area contributed by atoms with Crippen molar-refractivity contribution in [2.75, 3.05) is 13.7 Å². The van der Waals surface area contributed by atoms with Crippen molar-refractivity contribution in [3.63, 3.8) is 0 Å². The van der Waals surface area contributed by atoms with Gasteiger partial charge in [-0.15, -0.1) is 0 Å². The van der Waals surface area contributed by atoms with Gasteiger partial charge in [0.15, 0.2) is 0 Å². The van der Waals surface area contributed by atoms with Crippen molar-refractivity contribution in [1.29, 1.82) is 0 Å². The summed E-state index contributed by atoms with van der Waals surface area (Å²) in [7, 11) is 1.72. The molecule has 1 rings (SSSR count). The zero-order chi connectivity index (χ0) is 9.41. The SMILES string of the molecule is COCC1CC(C)(C)C(C)(O)C1. The normalized spacial score (nSPS) is 40.2. The van der Waals surface area contributed by atoms with Gasteiger partial charge in [-0.05, 0) is 31.1 Å². The lowest BCUT2D eigenvalue weighted by Crippen LogP contribution is -2.36. The number of aliphatic hydroxyl groups is 1. The van der Waals surface area contributed by atoms with E-state index >= 15 is 0 Å². The van der Waals surface area contributed by atoms with Gasteiger partial charge in [-0.1, -0.05) is 13.8 Å². The van der Waals surface area contributed by atoms with Crippen LogP contribution >= 0.6 is 0 Å². The second-order valence-electron chi connectivity index (χ2n) is 4.89. The fraction of sp³-hybridized carbons (Fsp3) is 1.00. The van der Waals surface area contributed by atoms with Crippen LogP contribution in [0.4, 0.5) is 0 Å². The van der Waals surface area contributed by atoms with Gasteiger partial charge in [0, 0.05) is 13.7 Å². The third kappa shape index (κ3) is 1.64. The largest absolute Gasteiger partial charge is 0.390 e. The molecule has 1 fully saturated rings. The number of rotatable bonds is 2. The van der Waals surface area contributed by atoms with Crippen molar-refractivity contribution >= 4 is 0 Å². The quantitative estimate of drug-likeness (QED) is 0.688. The summed E-state index contributed by atoms with van der Waals surface area (Å²) in [5.74, 6) is 0.528. The number of hydrogen-bond acceptors (Lipinski definition) is 2. The van der Waals surface area contributed by atoms with Crippen LogP contribution in [0.1, 0.15) is 33.6 Å². The zero-order valence-corrected chi connectivity index (χ0v) is 8.55. The molecule has 2 atom stereocenters. The lowest BCUT2D eigenvalue weighted by Gasteiger charge is -2.32. The molecule has 72 valence electrons. The Morgan fingerprint density at radius 2 is 1.92 bits per heavy atom. The molecule has 0 amide bonds. The first-order chi connectivity index (χ1) is 5.39. The predicted molar refractivity (Wildman–Crippen MR) is 49.0 cm³/mol. The van der Waals surface area contributed by atoms with Gasteiger partial charge in [-0.3, -0.25) is 0 Å². The first-order valence-corrected chi connectivity index (χ1v) is 4.60. The molecule has 2 heteroatoms. The van der Waals surface area contributed by atoms with Gasteiger partial charge in [0.1, 0.15) is 0 Å². The molecule has 0 bridgehead atoms. The molecule has 1 saturated carbocycles. The zero-order valence-electron chi connectivity index (χ0n) is 8.55. The van der Waals surface area contributed by atoms with E-state index in [0.29, 0.717) is 5.92 Å². The molecule has 0 saturated heterocycles. The van der Waals surface area contributed by atoms with Gasteiger partial charge in [0.05, 0.1) is 5.60 Å². The van der Waals surface area contributed by atoms with Crippen LogP contribution in [0.25, 0.3) is 0 Å². The summed E-state index contributed by atoms with van der Waals surface area (Å²) in [4.78, 5) is 0. The molecule has 0 spiro atoms. The first-order valence-electron chi connectivity index (χ1n) is 4.60. The minimum absolute atomic E-state index is 0.0379. The Morgan fingerprint density at radius 1 is 1.33 bits per heavy atom. The third-order valence-corrected chi connectivity index (χ3v) is 3.35. The highest BCUT2D eigenvalue weighted by atomic mass is 16.5. The van der Waals surface area contributed by atoms with E-state index < -0.39 is 5.60 Å². The summed E-state index contributed by atoms with van der Waals surface area (Å²) in [6.45, 7) is 6.97. The average Bonchev–Trinajstić information content (AvgIpc) is 2.02. The lowest BCUT2D eigenvalue weighted by molar-refractivity contribution is -0.0262. The second kappa shape index (κ2) is 3.00. The van der Waals surface area contributed by atoms with E-state index in [4.69, 9.17) is 4.74 Å². The van der Waals surface area contributed by atoms with Crippen molar-refractivity contribution in [3.8, 4) is 0 Å². The summed E-state index contributed by atoms with van der Waals surface area (Å²) in [5, 5.41) is 10.1. The fourth-order valence-electron chi connectivity index (χ4n) is 2.21. The van der Waals surface area contributed by atoms with Crippen molar-refractivity contribution in [2.24, 2.45) is 11.3 Å². The predicted octanol–water partition coefficient (Wildman–Crippen LogP) is 1.82. The lowest BCUT2D eigenvalue weighted by atomic mass is 9.79. The Morgan fingerprint density at radius 3 is 2.25 bits per heavy atom. The molecule has 1 N–H and O–H groups in total. The molecule has 12 heavy (non-hydrogen) atoms. The topological polar surface area (TPSA) is 29.5 Å². The Labute approximate surface area is 74.9 Å². The van der Waals surface area contributed by atoms with Gasteiger partial charge < -0.3 is 9.84 Å². The van der Waals surface area contributed by atoms with Crippen molar-refractivity contribution in [1.82, 2.24) is 0 Å². The smallest absolute Gasteiger partial charge is 0.0674 e. The van der Waals surface area contributed by atoms with E-state index in [1.54, 1.807) is 7.11 Å². The van der Waals surface area contributed by atoms with Gasteiger partial charge >= 0.3 is 0 Å². The maximum Gasteiger partial charge on any atom is 0.0674 e. The van der Waals surface area contributed by atoms with Gasteiger partial charge in [-0.2, -0.15) is 0 Å². The molecule has 2 nitrogen and oxygen atoms in total. The summed E-state index contributed by atoms with van der Waals surface area (Å²) >= 11 is 0. The van der Waals surface area contributed by atoms with E-state index in [0.717, 1.165) is 19.4 Å². The molecule has 0 radical (unpaired) electrons. The van der Waals surface area contributed by atoms with E-state index in [9.17, 15) is 5.11 Å². The Bertz CT molecular complexity index is 145. The minimum Gasteiger partial charge on any atom is -0.390 e. The van der Waals surface area contributed by atoms with Crippen molar-refractivity contribution in [3.05, 3.63) is 0 Å². The van der Waals surface area contributed by atoms with Crippen LogP contribution in [0.15, 0.2) is 0 Å². The number of hydrogen-bond donors (Lipinski definition) is 1. The van der Waals surface area contributed by atoms with Gasteiger partial charge in [-0.25, -0.2) is 0 Å². The van der Waals surface area contributed by atoms with Crippen LogP contribution in [0, 0.1) is 11.3 Å². The monoisotopic (exact) mass is 172 g/mol. The fourth-order valence-corrected chi connectivity index (χ4v) is 2.21. The number of ether oxygens (including phenoxy) is 1. The number of methoxy groups -OCH3 is 1. The molecule has 1 aliphatic carbocycles. The van der Waals surface area contributed by atoms with E-state index in [2.05, 4.69) is 13.8 Å². The highest BCUT2D eigenvalue weighted by molar-refractivity contribution is 4.99. The van der Waals surface area contributed by atoms with E-state index in [-0.39, 0.29) is 5.41 Å². The van der Waals surface area contributed by atoms with Gasteiger partial charge in [0.25, 0.3) is 0 Å². The summed E-state index contributed by atoms with van der Waals surface area (Å²) in [5.41, 5.74) is -0.480. The van der Waals surface area contributed by atoms with Crippen LogP contribution in [0.3, 0.4) is 0 Å². The molecule has 2 unspecified atom stereocenters. The molecular weight excluding hydrogens is 152 g/mol. The third-order valence-electron chi connectivity index (χ3n) is 3.35. The molecule has 1 aliphatic rings. The molecule has 0 aliphatic heterocycles. The highest BCUT2D eigenvalue weighted by Crippen LogP contribution is 2.48. The maximum atomic E-state index is 10.1. The Kier molecular flexibility index (Phi) is 2.50. The molecule has 0 aromatic heterocycles. The standard InChI is InChI=1S/C10H20O2/c1-9(2)5-8(7-12-4)6-10(9,3)11/h8,11H,5-7H2,1-4H3. The first kappa shape index (κ1) is 10.0.